The second-order valence-corrected chi connectivity index (χ2v) is 5.29. The fourth-order valence-corrected chi connectivity index (χ4v) is 2.61. The Bertz CT molecular complexity index is 342. The lowest BCUT2D eigenvalue weighted by Crippen LogP contribution is -2.11. The van der Waals surface area contributed by atoms with Gasteiger partial charge in [-0.1, -0.05) is 0 Å². The summed E-state index contributed by atoms with van der Waals surface area (Å²) >= 11 is 0. The zero-order valence-corrected chi connectivity index (χ0v) is 13.1. The van der Waals surface area contributed by atoms with E-state index >= 15 is 0 Å². The van der Waals surface area contributed by atoms with E-state index in [4.69, 9.17) is 18.3 Å². The number of phosphoric acid groups is 1. The van der Waals surface area contributed by atoms with Gasteiger partial charge in [-0.05, 0) is 40.7 Å². The number of carbonyl (C=O) groups excluding carboxylic acids is 1. The Balaban J connectivity index is 4.64. The normalized spacial score (nSPS) is 14.3. The standard InChI is InChI=1S/C12H23O6P/c1-6-15-12(13)10(4)9-11(5)18-19(14,16-7-2)17-8-3/h9,11H,6-8H2,1-5H3. The van der Waals surface area contributed by atoms with Crippen LogP contribution in [0.15, 0.2) is 11.6 Å². The lowest BCUT2D eigenvalue weighted by atomic mass is 10.2. The first kappa shape index (κ1) is 18.3. The molecule has 0 aromatic carbocycles. The number of hydrogen-bond acceptors (Lipinski definition) is 6. The fourth-order valence-electron chi connectivity index (χ4n) is 1.31. The van der Waals surface area contributed by atoms with Crippen molar-refractivity contribution in [1.82, 2.24) is 0 Å². The van der Waals surface area contributed by atoms with Gasteiger partial charge >= 0.3 is 13.8 Å². The first-order valence-corrected chi connectivity index (χ1v) is 7.77. The highest BCUT2D eigenvalue weighted by Crippen LogP contribution is 2.50. The largest absolute Gasteiger partial charge is 0.475 e. The van der Waals surface area contributed by atoms with Crippen molar-refractivity contribution in [2.24, 2.45) is 0 Å². The highest BCUT2D eigenvalue weighted by molar-refractivity contribution is 7.48. The lowest BCUT2D eigenvalue weighted by molar-refractivity contribution is -0.138. The van der Waals surface area contributed by atoms with E-state index in [1.54, 1.807) is 34.6 Å². The van der Waals surface area contributed by atoms with Crippen LogP contribution in [0.3, 0.4) is 0 Å². The van der Waals surface area contributed by atoms with Crippen molar-refractivity contribution in [1.29, 1.82) is 0 Å². The zero-order chi connectivity index (χ0) is 14.9. The lowest BCUT2D eigenvalue weighted by Gasteiger charge is -2.19. The van der Waals surface area contributed by atoms with Crippen LogP contribution in [0.2, 0.25) is 0 Å². The molecule has 1 atom stereocenters. The number of carbonyl (C=O) groups is 1. The number of ether oxygens (including phenoxy) is 1. The molecule has 19 heavy (non-hydrogen) atoms. The van der Waals surface area contributed by atoms with Crippen molar-refractivity contribution in [3.05, 3.63) is 11.6 Å². The minimum Gasteiger partial charge on any atom is -0.463 e. The molecule has 0 saturated heterocycles. The van der Waals surface area contributed by atoms with Gasteiger partial charge < -0.3 is 4.74 Å². The number of rotatable bonds is 9. The molecule has 0 fully saturated rings. The molecule has 0 heterocycles. The molecule has 0 rings (SSSR count). The van der Waals surface area contributed by atoms with Gasteiger partial charge in [-0.3, -0.25) is 13.6 Å². The van der Waals surface area contributed by atoms with Crippen molar-refractivity contribution < 1.29 is 27.7 Å². The van der Waals surface area contributed by atoms with Gasteiger partial charge in [0.1, 0.15) is 0 Å². The number of esters is 1. The van der Waals surface area contributed by atoms with E-state index in [9.17, 15) is 9.36 Å². The third-order valence-electron chi connectivity index (χ3n) is 1.95. The van der Waals surface area contributed by atoms with Crippen LogP contribution >= 0.6 is 7.82 Å². The van der Waals surface area contributed by atoms with Crippen molar-refractivity contribution >= 4 is 13.8 Å². The fraction of sp³-hybridized carbons (Fsp3) is 0.750. The molecule has 1 unspecified atom stereocenters. The molecule has 0 aliphatic carbocycles. The molecule has 0 aliphatic heterocycles. The maximum Gasteiger partial charge on any atom is 0.475 e. The summed E-state index contributed by atoms with van der Waals surface area (Å²) in [7, 11) is -3.57. The van der Waals surface area contributed by atoms with Crippen LogP contribution in [-0.2, 0) is 27.7 Å². The Morgan fingerprint density at radius 3 is 2.11 bits per heavy atom. The molecule has 0 aliphatic rings. The Kier molecular flexibility index (Phi) is 8.93. The van der Waals surface area contributed by atoms with E-state index in [2.05, 4.69) is 0 Å². The highest BCUT2D eigenvalue weighted by atomic mass is 31.2. The predicted molar refractivity (Wildman–Crippen MR) is 71.8 cm³/mol. The van der Waals surface area contributed by atoms with Crippen molar-refractivity contribution in [3.8, 4) is 0 Å². The maximum absolute atomic E-state index is 12.1. The Labute approximate surface area is 114 Å². The van der Waals surface area contributed by atoms with E-state index in [1.807, 2.05) is 0 Å². The van der Waals surface area contributed by atoms with Crippen LogP contribution in [0.4, 0.5) is 0 Å². The van der Waals surface area contributed by atoms with Crippen LogP contribution in [0.1, 0.15) is 34.6 Å². The van der Waals surface area contributed by atoms with E-state index in [0.29, 0.717) is 12.2 Å². The third kappa shape index (κ3) is 7.47. The van der Waals surface area contributed by atoms with Gasteiger partial charge in [-0.25, -0.2) is 9.36 Å². The molecule has 0 spiro atoms. The third-order valence-corrected chi connectivity index (χ3v) is 3.69. The summed E-state index contributed by atoms with van der Waals surface area (Å²) in [5, 5.41) is 0. The van der Waals surface area contributed by atoms with Crippen molar-refractivity contribution in [2.45, 2.75) is 40.7 Å². The van der Waals surface area contributed by atoms with Gasteiger partial charge in [-0.15, -0.1) is 0 Å². The first-order valence-electron chi connectivity index (χ1n) is 6.31. The minimum atomic E-state index is -3.57. The van der Waals surface area contributed by atoms with Crippen molar-refractivity contribution in [3.63, 3.8) is 0 Å². The molecule has 0 bridgehead atoms. The van der Waals surface area contributed by atoms with E-state index in [-0.39, 0.29) is 13.2 Å². The zero-order valence-electron chi connectivity index (χ0n) is 12.2. The van der Waals surface area contributed by atoms with E-state index in [1.165, 1.54) is 6.08 Å². The maximum atomic E-state index is 12.1. The first-order chi connectivity index (χ1) is 8.88. The summed E-state index contributed by atoms with van der Waals surface area (Å²) in [6.45, 7) is 9.09. The number of phosphoric ester groups is 1. The van der Waals surface area contributed by atoms with Gasteiger partial charge in [-0.2, -0.15) is 0 Å². The molecule has 0 saturated carbocycles. The molecular formula is C12H23O6P. The predicted octanol–water partition coefficient (Wildman–Crippen LogP) is 3.08. The van der Waals surface area contributed by atoms with E-state index < -0.39 is 19.9 Å². The average molecular weight is 294 g/mol. The smallest absolute Gasteiger partial charge is 0.463 e. The summed E-state index contributed by atoms with van der Waals surface area (Å²) in [5.41, 5.74) is 0.383. The molecule has 0 radical (unpaired) electrons. The van der Waals surface area contributed by atoms with Crippen LogP contribution in [0, 0.1) is 0 Å². The number of hydrogen-bond donors (Lipinski definition) is 0. The van der Waals surface area contributed by atoms with Gasteiger partial charge in [0, 0.05) is 5.57 Å². The second-order valence-electron chi connectivity index (χ2n) is 3.66. The molecule has 0 aromatic rings. The molecular weight excluding hydrogens is 271 g/mol. The van der Waals surface area contributed by atoms with Crippen LogP contribution < -0.4 is 0 Å². The summed E-state index contributed by atoms with van der Waals surface area (Å²) in [5.74, 6) is -0.430. The molecule has 0 amide bonds. The van der Waals surface area contributed by atoms with Gasteiger partial charge in [0.2, 0.25) is 0 Å². The van der Waals surface area contributed by atoms with Gasteiger partial charge in [0.05, 0.1) is 25.9 Å². The summed E-state index contributed by atoms with van der Waals surface area (Å²) in [6, 6.07) is 0. The SMILES string of the molecule is CCOC(=O)C(C)=CC(C)OP(=O)(OCC)OCC. The summed E-state index contributed by atoms with van der Waals surface area (Å²) in [6.07, 6.45) is 0.927. The van der Waals surface area contributed by atoms with E-state index in [0.717, 1.165) is 0 Å². The molecule has 7 heteroatoms. The van der Waals surface area contributed by atoms with Gasteiger partial charge in [0.25, 0.3) is 0 Å². The molecule has 0 N–H and O–H groups in total. The quantitative estimate of drug-likeness (QED) is 0.370. The van der Waals surface area contributed by atoms with Crippen LogP contribution in [0.25, 0.3) is 0 Å². The Hall–Kier alpha value is -0.680. The molecule has 0 aromatic heterocycles. The van der Waals surface area contributed by atoms with Gasteiger partial charge in [0.15, 0.2) is 0 Å². The van der Waals surface area contributed by atoms with Crippen molar-refractivity contribution in [2.75, 3.05) is 19.8 Å². The molecule has 6 nitrogen and oxygen atoms in total. The summed E-state index contributed by atoms with van der Waals surface area (Å²) in [4.78, 5) is 11.4. The Morgan fingerprint density at radius 1 is 1.16 bits per heavy atom. The van der Waals surface area contributed by atoms with Crippen LogP contribution in [0.5, 0.6) is 0 Å². The average Bonchev–Trinajstić information content (AvgIpc) is 2.28. The second kappa shape index (κ2) is 9.26. The highest BCUT2D eigenvalue weighted by Gasteiger charge is 2.27. The molecule has 112 valence electrons. The Morgan fingerprint density at radius 2 is 1.68 bits per heavy atom. The summed E-state index contributed by atoms with van der Waals surface area (Å²) < 4.78 is 32.2. The topological polar surface area (TPSA) is 71.1 Å². The van der Waals surface area contributed by atoms with Crippen LogP contribution in [-0.4, -0.2) is 31.9 Å². The minimum absolute atomic E-state index is 0.213. The monoisotopic (exact) mass is 294 g/mol.